The Morgan fingerprint density at radius 2 is 1.45 bits per heavy atom. The standard InChI is InChI=1S/C27H31N7O8S2/c1-42-27(36)34-15-13-33(14-16-34)25(32-37)20-3-2-4-22(17-20)31-26(35)30-21-7-11-24(12-8-21)44(40,41)29-18-19-5-9-23(10-6-19)43(28,38)39/h2-12,17,29,37H,13-16,18H2,1H3,(H2,28,38,39)(H2,30,31,35). The van der Waals surface area contributed by atoms with Gasteiger partial charge in [0.15, 0.2) is 5.84 Å². The van der Waals surface area contributed by atoms with E-state index in [9.17, 15) is 31.6 Å². The minimum Gasteiger partial charge on any atom is -0.453 e. The summed E-state index contributed by atoms with van der Waals surface area (Å²) in [6.07, 6.45) is -0.426. The van der Waals surface area contributed by atoms with Gasteiger partial charge >= 0.3 is 12.1 Å². The van der Waals surface area contributed by atoms with Crippen LogP contribution in [0.15, 0.2) is 87.7 Å². The van der Waals surface area contributed by atoms with Crippen molar-refractivity contribution in [1.29, 1.82) is 0 Å². The molecule has 0 bridgehead atoms. The fourth-order valence-electron chi connectivity index (χ4n) is 4.34. The van der Waals surface area contributed by atoms with Crippen LogP contribution < -0.4 is 20.5 Å². The minimum atomic E-state index is -3.91. The van der Waals surface area contributed by atoms with E-state index in [2.05, 4.69) is 20.5 Å². The molecule has 1 aliphatic heterocycles. The molecule has 17 heteroatoms. The number of amidine groups is 1. The van der Waals surface area contributed by atoms with Gasteiger partial charge in [-0.05, 0) is 54.1 Å². The van der Waals surface area contributed by atoms with E-state index in [4.69, 9.17) is 9.88 Å². The Morgan fingerprint density at radius 1 is 0.864 bits per heavy atom. The summed E-state index contributed by atoms with van der Waals surface area (Å²) >= 11 is 0. The number of hydrogen-bond acceptors (Lipinski definition) is 9. The molecule has 15 nitrogen and oxygen atoms in total. The van der Waals surface area contributed by atoms with Crippen LogP contribution in [0.3, 0.4) is 0 Å². The summed E-state index contributed by atoms with van der Waals surface area (Å²) in [6, 6.07) is 17.1. The van der Waals surface area contributed by atoms with Gasteiger partial charge in [-0.3, -0.25) is 0 Å². The van der Waals surface area contributed by atoms with E-state index >= 15 is 0 Å². The van der Waals surface area contributed by atoms with E-state index in [-0.39, 0.29) is 22.2 Å². The molecule has 0 spiro atoms. The van der Waals surface area contributed by atoms with Gasteiger partial charge in [0.25, 0.3) is 0 Å². The first-order valence-electron chi connectivity index (χ1n) is 13.1. The highest BCUT2D eigenvalue weighted by Gasteiger charge is 2.25. The van der Waals surface area contributed by atoms with Crippen molar-refractivity contribution in [1.82, 2.24) is 14.5 Å². The molecule has 1 fully saturated rings. The molecular weight excluding hydrogens is 614 g/mol. The van der Waals surface area contributed by atoms with Crippen LogP contribution in [0, 0.1) is 0 Å². The number of carbonyl (C=O) groups is 2. The van der Waals surface area contributed by atoms with Gasteiger partial charge in [-0.2, -0.15) is 0 Å². The molecule has 44 heavy (non-hydrogen) atoms. The fourth-order valence-corrected chi connectivity index (χ4v) is 5.87. The first-order valence-corrected chi connectivity index (χ1v) is 16.1. The number of primary sulfonamides is 1. The molecule has 0 saturated carbocycles. The Balaban J connectivity index is 1.32. The molecule has 6 N–H and O–H groups in total. The number of ether oxygens (including phenoxy) is 1. The molecule has 0 atom stereocenters. The Labute approximate surface area is 254 Å². The number of nitrogens with one attached hydrogen (secondary N) is 3. The fraction of sp³-hybridized carbons (Fsp3) is 0.222. The molecule has 0 radical (unpaired) electrons. The summed E-state index contributed by atoms with van der Waals surface area (Å²) < 4.78 is 55.4. The van der Waals surface area contributed by atoms with Gasteiger partial charge in [-0.15, -0.1) is 0 Å². The molecule has 4 rings (SSSR count). The number of rotatable bonds is 8. The van der Waals surface area contributed by atoms with Crippen LogP contribution in [0.2, 0.25) is 0 Å². The molecular formula is C27H31N7O8S2. The number of piperazine rings is 1. The maximum atomic E-state index is 12.7. The third kappa shape index (κ3) is 8.22. The average molecular weight is 646 g/mol. The van der Waals surface area contributed by atoms with E-state index in [0.717, 1.165) is 0 Å². The first-order chi connectivity index (χ1) is 20.9. The number of oxime groups is 1. The van der Waals surface area contributed by atoms with Crippen LogP contribution >= 0.6 is 0 Å². The molecule has 3 aromatic carbocycles. The number of nitrogens with zero attached hydrogens (tertiary/aromatic N) is 3. The topological polar surface area (TPSA) is 213 Å². The molecule has 234 valence electrons. The Hall–Kier alpha value is -4.71. The number of benzene rings is 3. The van der Waals surface area contributed by atoms with Crippen molar-refractivity contribution in [3.05, 3.63) is 83.9 Å². The van der Waals surface area contributed by atoms with E-state index in [1.165, 1.54) is 55.6 Å². The van der Waals surface area contributed by atoms with Gasteiger partial charge < -0.3 is 30.4 Å². The van der Waals surface area contributed by atoms with E-state index < -0.39 is 32.2 Å². The molecule has 1 saturated heterocycles. The van der Waals surface area contributed by atoms with Crippen molar-refractivity contribution in [2.75, 3.05) is 43.9 Å². The van der Waals surface area contributed by atoms with E-state index in [0.29, 0.717) is 48.7 Å². The summed E-state index contributed by atoms with van der Waals surface area (Å²) in [6.45, 7) is 1.53. The lowest BCUT2D eigenvalue weighted by molar-refractivity contribution is 0.105. The smallest absolute Gasteiger partial charge is 0.409 e. The number of sulfonamides is 2. The Kier molecular flexibility index (Phi) is 10.0. The SMILES string of the molecule is COC(=O)N1CCN(C(=NO)c2cccc(NC(=O)Nc3ccc(S(=O)(=O)NCc4ccc(S(N)(=O)=O)cc4)cc3)c2)CC1. The summed E-state index contributed by atoms with van der Waals surface area (Å²) in [5, 5.41) is 23.5. The van der Waals surface area contributed by atoms with Crippen molar-refractivity contribution in [2.24, 2.45) is 10.3 Å². The zero-order valence-electron chi connectivity index (χ0n) is 23.5. The second-order valence-electron chi connectivity index (χ2n) is 9.57. The number of hydrogen-bond donors (Lipinski definition) is 5. The molecule has 3 amide bonds. The molecule has 1 heterocycles. The zero-order chi connectivity index (χ0) is 31.9. The van der Waals surface area contributed by atoms with Crippen molar-refractivity contribution < 1.29 is 36.4 Å². The number of anilines is 2. The monoisotopic (exact) mass is 645 g/mol. The second kappa shape index (κ2) is 13.7. The lowest BCUT2D eigenvalue weighted by Gasteiger charge is -2.35. The first kappa shape index (κ1) is 32.2. The van der Waals surface area contributed by atoms with Crippen LogP contribution in [0.4, 0.5) is 21.0 Å². The van der Waals surface area contributed by atoms with Crippen LogP contribution in [0.25, 0.3) is 0 Å². The molecule has 3 aromatic rings. The number of nitrogens with two attached hydrogens (primary N) is 1. The summed E-state index contributed by atoms with van der Waals surface area (Å²) in [4.78, 5) is 27.6. The predicted octanol–water partition coefficient (Wildman–Crippen LogP) is 1.98. The molecule has 0 aromatic heterocycles. The highest BCUT2D eigenvalue weighted by Crippen LogP contribution is 2.18. The van der Waals surface area contributed by atoms with E-state index in [1.807, 2.05) is 4.90 Å². The lowest BCUT2D eigenvalue weighted by Crippen LogP contribution is -2.50. The number of carbonyl (C=O) groups excluding carboxylic acids is 2. The van der Waals surface area contributed by atoms with Crippen molar-refractivity contribution >= 4 is 49.4 Å². The Morgan fingerprint density at radius 3 is 2.05 bits per heavy atom. The normalized spacial score (nSPS) is 14.2. The summed E-state index contributed by atoms with van der Waals surface area (Å²) in [5.74, 6) is 0.282. The van der Waals surface area contributed by atoms with Gasteiger partial charge in [0, 0.05) is 49.7 Å². The lowest BCUT2D eigenvalue weighted by atomic mass is 10.1. The number of methoxy groups -OCH3 is 1. The zero-order valence-corrected chi connectivity index (χ0v) is 25.1. The third-order valence-electron chi connectivity index (χ3n) is 6.63. The average Bonchev–Trinajstić information content (AvgIpc) is 3.00. The highest BCUT2D eigenvalue weighted by atomic mass is 32.2. The van der Waals surface area contributed by atoms with Gasteiger partial charge in [-0.25, -0.2) is 36.3 Å². The van der Waals surface area contributed by atoms with Crippen LogP contribution in [-0.2, 0) is 31.3 Å². The van der Waals surface area contributed by atoms with E-state index in [1.54, 1.807) is 29.2 Å². The third-order valence-corrected chi connectivity index (χ3v) is 8.97. The maximum Gasteiger partial charge on any atom is 0.409 e. The largest absolute Gasteiger partial charge is 0.453 e. The van der Waals surface area contributed by atoms with Crippen LogP contribution in [0.1, 0.15) is 11.1 Å². The Bertz CT molecular complexity index is 1740. The second-order valence-corrected chi connectivity index (χ2v) is 12.9. The summed E-state index contributed by atoms with van der Waals surface area (Å²) in [5.41, 5.74) is 1.81. The maximum absolute atomic E-state index is 12.7. The highest BCUT2D eigenvalue weighted by molar-refractivity contribution is 7.89. The quantitative estimate of drug-likeness (QED) is 0.105. The van der Waals surface area contributed by atoms with Gasteiger partial charge in [-0.1, -0.05) is 29.4 Å². The van der Waals surface area contributed by atoms with Gasteiger partial charge in [0.1, 0.15) is 0 Å². The van der Waals surface area contributed by atoms with Gasteiger partial charge in [0.2, 0.25) is 20.0 Å². The molecule has 0 unspecified atom stereocenters. The number of amides is 3. The van der Waals surface area contributed by atoms with Crippen molar-refractivity contribution in [3.8, 4) is 0 Å². The molecule has 1 aliphatic rings. The summed E-state index contributed by atoms with van der Waals surface area (Å²) in [7, 11) is -6.45. The van der Waals surface area contributed by atoms with Crippen LogP contribution in [0.5, 0.6) is 0 Å². The molecule has 0 aliphatic carbocycles. The van der Waals surface area contributed by atoms with Gasteiger partial charge in [0.05, 0.1) is 16.9 Å². The van der Waals surface area contributed by atoms with Crippen molar-refractivity contribution in [2.45, 2.75) is 16.3 Å². The van der Waals surface area contributed by atoms with Crippen LogP contribution in [-0.4, -0.2) is 83.1 Å². The van der Waals surface area contributed by atoms with Crippen molar-refractivity contribution in [3.63, 3.8) is 0 Å². The minimum absolute atomic E-state index is 0.0412. The predicted molar refractivity (Wildman–Crippen MR) is 161 cm³/mol. The number of urea groups is 1.